The SMILES string of the molecule is Cc1cn2c(-c3cc(C(O)(C(F)(F)F)C(C)(C)C(=O)O)ccc3C)cnc2c(N)n1. The van der Waals surface area contributed by atoms with Crippen LogP contribution in [0.1, 0.15) is 30.7 Å². The zero-order valence-corrected chi connectivity index (χ0v) is 16.7. The Bertz CT molecular complexity index is 1150. The van der Waals surface area contributed by atoms with Crippen LogP contribution in [0.5, 0.6) is 0 Å². The number of benzene rings is 1. The number of halogens is 3. The van der Waals surface area contributed by atoms with E-state index in [9.17, 15) is 28.2 Å². The molecule has 1 aromatic carbocycles. The molecule has 0 saturated heterocycles. The van der Waals surface area contributed by atoms with E-state index in [4.69, 9.17) is 5.73 Å². The highest BCUT2D eigenvalue weighted by molar-refractivity contribution is 5.77. The molecule has 2 heterocycles. The highest BCUT2D eigenvalue weighted by Crippen LogP contribution is 2.51. The molecule has 0 saturated carbocycles. The predicted molar refractivity (Wildman–Crippen MR) is 104 cm³/mol. The van der Waals surface area contributed by atoms with Crippen molar-refractivity contribution in [3.63, 3.8) is 0 Å². The fourth-order valence-corrected chi connectivity index (χ4v) is 3.49. The normalized spacial score (nSPS) is 14.7. The van der Waals surface area contributed by atoms with Gasteiger partial charge in [-0.2, -0.15) is 13.2 Å². The van der Waals surface area contributed by atoms with Crippen LogP contribution in [0.3, 0.4) is 0 Å². The molecule has 3 rings (SSSR count). The van der Waals surface area contributed by atoms with Crippen LogP contribution in [0, 0.1) is 19.3 Å². The Hall–Kier alpha value is -3.14. The number of aryl methyl sites for hydroxylation is 2. The number of carboxylic acid groups (broad SMARTS) is 1. The number of nitrogens with zero attached hydrogens (tertiary/aromatic N) is 3. The van der Waals surface area contributed by atoms with Crippen LogP contribution in [0.25, 0.3) is 16.9 Å². The van der Waals surface area contributed by atoms with Crippen LogP contribution in [0.2, 0.25) is 0 Å². The number of nitrogen functional groups attached to an aromatic ring is 1. The van der Waals surface area contributed by atoms with Crippen molar-refractivity contribution in [2.75, 3.05) is 5.73 Å². The molecule has 2 aromatic heterocycles. The van der Waals surface area contributed by atoms with E-state index in [1.807, 2.05) is 0 Å². The summed E-state index contributed by atoms with van der Waals surface area (Å²) in [6.07, 6.45) is -2.17. The van der Waals surface area contributed by atoms with Gasteiger partial charge in [0, 0.05) is 11.8 Å². The van der Waals surface area contributed by atoms with Gasteiger partial charge in [0.05, 0.1) is 17.6 Å². The average Bonchev–Trinajstić information content (AvgIpc) is 3.04. The standard InChI is InChI=1S/C20H21F3N4O3/c1-10-5-6-12(19(30,20(21,22)23)18(3,4)17(28)29)7-13(10)14-8-25-16-15(24)26-11(2)9-27(14)16/h5-9,30H,1-4H3,(H2,24,26)(H,28,29). The summed E-state index contributed by atoms with van der Waals surface area (Å²) >= 11 is 0. The van der Waals surface area contributed by atoms with Gasteiger partial charge in [0.25, 0.3) is 0 Å². The summed E-state index contributed by atoms with van der Waals surface area (Å²) in [7, 11) is 0. The molecule has 0 aliphatic rings. The number of nitrogens with two attached hydrogens (primary N) is 1. The number of alkyl halides is 3. The molecule has 0 bridgehead atoms. The first-order valence-corrected chi connectivity index (χ1v) is 8.96. The van der Waals surface area contributed by atoms with Crippen LogP contribution in [-0.2, 0) is 10.4 Å². The van der Waals surface area contributed by atoms with Gasteiger partial charge in [-0.05, 0) is 44.9 Å². The summed E-state index contributed by atoms with van der Waals surface area (Å²) in [4.78, 5) is 19.9. The Labute approximate surface area is 170 Å². The Morgan fingerprint density at radius 2 is 1.83 bits per heavy atom. The van der Waals surface area contributed by atoms with Gasteiger partial charge in [-0.1, -0.05) is 12.1 Å². The minimum absolute atomic E-state index is 0.161. The summed E-state index contributed by atoms with van der Waals surface area (Å²) in [6, 6.07) is 3.63. The van der Waals surface area contributed by atoms with Crippen molar-refractivity contribution in [2.45, 2.75) is 39.5 Å². The average molecular weight is 422 g/mol. The van der Waals surface area contributed by atoms with Crippen molar-refractivity contribution in [3.05, 3.63) is 47.4 Å². The van der Waals surface area contributed by atoms with Gasteiger partial charge < -0.3 is 15.9 Å². The summed E-state index contributed by atoms with van der Waals surface area (Å²) in [5.41, 5.74) is 1.39. The van der Waals surface area contributed by atoms with E-state index in [-0.39, 0.29) is 5.82 Å². The van der Waals surface area contributed by atoms with E-state index in [0.717, 1.165) is 26.0 Å². The Kier molecular flexibility index (Phi) is 4.81. The Morgan fingerprint density at radius 1 is 1.20 bits per heavy atom. The number of hydrogen-bond donors (Lipinski definition) is 3. The number of carboxylic acids is 1. The minimum Gasteiger partial charge on any atom is -0.481 e. The first-order valence-electron chi connectivity index (χ1n) is 8.96. The lowest BCUT2D eigenvalue weighted by molar-refractivity contribution is -0.302. The van der Waals surface area contributed by atoms with Crippen LogP contribution >= 0.6 is 0 Å². The van der Waals surface area contributed by atoms with E-state index < -0.39 is 28.7 Å². The van der Waals surface area contributed by atoms with Crippen LogP contribution in [-0.4, -0.2) is 36.7 Å². The molecule has 10 heteroatoms. The summed E-state index contributed by atoms with van der Waals surface area (Å²) in [6.45, 7) is 5.07. The molecule has 30 heavy (non-hydrogen) atoms. The smallest absolute Gasteiger partial charge is 0.422 e. The predicted octanol–water partition coefficient (Wildman–Crippen LogP) is 3.46. The van der Waals surface area contributed by atoms with Crippen LogP contribution in [0.15, 0.2) is 30.6 Å². The highest BCUT2D eigenvalue weighted by Gasteiger charge is 2.66. The lowest BCUT2D eigenvalue weighted by atomic mass is 9.69. The molecule has 0 radical (unpaired) electrons. The molecule has 1 atom stereocenters. The molecule has 160 valence electrons. The van der Waals surface area contributed by atoms with Gasteiger partial charge in [0.1, 0.15) is 5.41 Å². The number of fused-ring (bicyclic) bond motifs is 1. The van der Waals surface area contributed by atoms with Crippen LogP contribution in [0.4, 0.5) is 19.0 Å². The Morgan fingerprint density at radius 3 is 2.40 bits per heavy atom. The third kappa shape index (κ3) is 2.98. The topological polar surface area (TPSA) is 114 Å². The van der Waals surface area contributed by atoms with Crippen molar-refractivity contribution in [1.29, 1.82) is 0 Å². The molecule has 0 aliphatic heterocycles. The Balaban J connectivity index is 2.32. The van der Waals surface area contributed by atoms with E-state index >= 15 is 0 Å². The number of aromatic nitrogens is 3. The zero-order valence-electron chi connectivity index (χ0n) is 16.7. The van der Waals surface area contributed by atoms with Crippen molar-refractivity contribution < 1.29 is 28.2 Å². The molecule has 0 spiro atoms. The van der Waals surface area contributed by atoms with Gasteiger partial charge in [-0.3, -0.25) is 9.20 Å². The molecule has 1 unspecified atom stereocenters. The maximum Gasteiger partial charge on any atom is 0.422 e. The number of imidazole rings is 1. The van der Waals surface area contributed by atoms with E-state index in [2.05, 4.69) is 9.97 Å². The maximum absolute atomic E-state index is 14.0. The number of anilines is 1. The molecule has 3 aromatic rings. The number of carbonyl (C=O) groups is 1. The van der Waals surface area contributed by atoms with Gasteiger partial charge in [-0.25, -0.2) is 9.97 Å². The molecule has 7 nitrogen and oxygen atoms in total. The third-order valence-electron chi connectivity index (χ3n) is 5.42. The fourth-order valence-electron chi connectivity index (χ4n) is 3.49. The second-order valence-electron chi connectivity index (χ2n) is 7.77. The van der Waals surface area contributed by atoms with Gasteiger partial charge in [0.2, 0.25) is 5.60 Å². The van der Waals surface area contributed by atoms with E-state index in [1.54, 1.807) is 24.4 Å². The van der Waals surface area contributed by atoms with Crippen molar-refractivity contribution >= 4 is 17.4 Å². The molecular formula is C20H21F3N4O3. The first kappa shape index (κ1) is 21.6. The summed E-state index contributed by atoms with van der Waals surface area (Å²) in [5.74, 6) is -1.62. The quantitative estimate of drug-likeness (QED) is 0.593. The molecule has 0 amide bonds. The minimum atomic E-state index is -5.24. The lowest BCUT2D eigenvalue weighted by Crippen LogP contribution is -2.56. The number of aliphatic hydroxyl groups is 1. The molecule has 0 fully saturated rings. The van der Waals surface area contributed by atoms with Crippen molar-refractivity contribution in [2.24, 2.45) is 5.41 Å². The van der Waals surface area contributed by atoms with Crippen molar-refractivity contribution in [1.82, 2.24) is 14.4 Å². The van der Waals surface area contributed by atoms with Gasteiger partial charge >= 0.3 is 12.1 Å². The van der Waals surface area contributed by atoms with E-state index in [1.165, 1.54) is 12.3 Å². The maximum atomic E-state index is 14.0. The number of aliphatic carboxylic acids is 1. The van der Waals surface area contributed by atoms with Crippen LogP contribution < -0.4 is 5.73 Å². The molecular weight excluding hydrogens is 401 g/mol. The molecule has 4 N–H and O–H groups in total. The second-order valence-corrected chi connectivity index (χ2v) is 7.77. The van der Waals surface area contributed by atoms with Gasteiger partial charge in [0.15, 0.2) is 11.5 Å². The number of hydrogen-bond acceptors (Lipinski definition) is 5. The largest absolute Gasteiger partial charge is 0.481 e. The zero-order chi connectivity index (χ0) is 22.6. The monoisotopic (exact) mass is 422 g/mol. The number of rotatable bonds is 4. The summed E-state index contributed by atoms with van der Waals surface area (Å²) < 4.78 is 43.7. The second kappa shape index (κ2) is 6.69. The highest BCUT2D eigenvalue weighted by atomic mass is 19.4. The third-order valence-corrected chi connectivity index (χ3v) is 5.42. The summed E-state index contributed by atoms with van der Waals surface area (Å²) in [5, 5.41) is 20.2. The fraction of sp³-hybridized carbons (Fsp3) is 0.350. The van der Waals surface area contributed by atoms with Crippen molar-refractivity contribution in [3.8, 4) is 11.3 Å². The first-order chi connectivity index (χ1) is 13.7. The lowest BCUT2D eigenvalue weighted by Gasteiger charge is -2.41. The molecule has 0 aliphatic carbocycles. The van der Waals surface area contributed by atoms with E-state index in [0.29, 0.717) is 28.2 Å². The van der Waals surface area contributed by atoms with Gasteiger partial charge in [-0.15, -0.1) is 0 Å².